The lowest BCUT2D eigenvalue weighted by molar-refractivity contribution is 0.414. The molecule has 2 rings (SSSR count). The van der Waals surface area contributed by atoms with E-state index in [1.807, 2.05) is 12.1 Å². The van der Waals surface area contributed by atoms with Gasteiger partial charge in [0.05, 0.1) is 7.11 Å². The van der Waals surface area contributed by atoms with Crippen molar-refractivity contribution in [1.82, 2.24) is 5.32 Å². The van der Waals surface area contributed by atoms with Gasteiger partial charge >= 0.3 is 0 Å². The minimum Gasteiger partial charge on any atom is -0.497 e. The zero-order chi connectivity index (χ0) is 13.7. The lowest BCUT2D eigenvalue weighted by Crippen LogP contribution is -2.18. The van der Waals surface area contributed by atoms with Gasteiger partial charge in [-0.25, -0.2) is 0 Å². The third kappa shape index (κ3) is 3.58. The first-order valence-corrected chi connectivity index (χ1v) is 6.62. The Hall–Kier alpha value is -1.80. The summed E-state index contributed by atoms with van der Waals surface area (Å²) in [5.74, 6) is 0.905. The van der Waals surface area contributed by atoms with E-state index in [4.69, 9.17) is 4.74 Å². The zero-order valence-electron chi connectivity index (χ0n) is 11.8. The predicted molar refractivity (Wildman–Crippen MR) is 79.4 cm³/mol. The quantitative estimate of drug-likeness (QED) is 0.876. The second kappa shape index (κ2) is 6.39. The van der Waals surface area contributed by atoms with Crippen LogP contribution in [0.5, 0.6) is 5.75 Å². The lowest BCUT2D eigenvalue weighted by Gasteiger charge is -2.16. The Morgan fingerprint density at radius 2 is 1.89 bits per heavy atom. The van der Waals surface area contributed by atoms with Crippen molar-refractivity contribution in [3.8, 4) is 5.75 Å². The maximum atomic E-state index is 5.24. The third-order valence-electron chi connectivity index (χ3n) is 3.40. The van der Waals surface area contributed by atoms with Crippen LogP contribution in [-0.2, 0) is 6.54 Å². The molecule has 0 heterocycles. The van der Waals surface area contributed by atoms with Crippen molar-refractivity contribution in [1.29, 1.82) is 0 Å². The number of nitrogens with one attached hydrogen (secondary N) is 1. The molecule has 19 heavy (non-hydrogen) atoms. The minimum atomic E-state index is 0.340. The standard InChI is InChI=1S/C17H21NO/c1-13-7-4-5-10-17(13)14(2)18-12-15-8-6-9-16(11-15)19-3/h4-11,14,18H,12H2,1-3H3. The van der Waals surface area contributed by atoms with Crippen LogP contribution in [0.3, 0.4) is 0 Å². The normalized spacial score (nSPS) is 12.2. The van der Waals surface area contributed by atoms with Gasteiger partial charge in [0.15, 0.2) is 0 Å². The van der Waals surface area contributed by atoms with Crippen molar-refractivity contribution < 1.29 is 4.74 Å². The Labute approximate surface area is 115 Å². The highest BCUT2D eigenvalue weighted by molar-refractivity contribution is 5.30. The Morgan fingerprint density at radius 3 is 2.63 bits per heavy atom. The summed E-state index contributed by atoms with van der Waals surface area (Å²) in [6.07, 6.45) is 0. The summed E-state index contributed by atoms with van der Waals surface area (Å²) in [5, 5.41) is 3.55. The molecule has 2 aromatic carbocycles. The predicted octanol–water partition coefficient (Wildman–Crippen LogP) is 3.85. The van der Waals surface area contributed by atoms with Crippen LogP contribution in [0.1, 0.15) is 29.7 Å². The van der Waals surface area contributed by atoms with Gasteiger partial charge < -0.3 is 10.1 Å². The van der Waals surface area contributed by atoms with Crippen molar-refractivity contribution >= 4 is 0 Å². The van der Waals surface area contributed by atoms with Crippen LogP contribution < -0.4 is 10.1 Å². The van der Waals surface area contributed by atoms with E-state index in [1.165, 1.54) is 16.7 Å². The van der Waals surface area contributed by atoms with Crippen LogP contribution in [0.15, 0.2) is 48.5 Å². The van der Waals surface area contributed by atoms with Crippen LogP contribution in [0.4, 0.5) is 0 Å². The minimum absolute atomic E-state index is 0.340. The van der Waals surface area contributed by atoms with Gasteiger partial charge in [0.25, 0.3) is 0 Å². The number of ether oxygens (including phenoxy) is 1. The highest BCUT2D eigenvalue weighted by Crippen LogP contribution is 2.18. The second-order valence-corrected chi connectivity index (χ2v) is 4.81. The van der Waals surface area contributed by atoms with Gasteiger partial charge in [0, 0.05) is 12.6 Å². The largest absolute Gasteiger partial charge is 0.497 e. The molecule has 2 aromatic rings. The highest BCUT2D eigenvalue weighted by atomic mass is 16.5. The summed E-state index contributed by atoms with van der Waals surface area (Å²) in [6.45, 7) is 5.19. The molecule has 0 aliphatic carbocycles. The Kier molecular flexibility index (Phi) is 4.58. The van der Waals surface area contributed by atoms with Gasteiger partial charge in [0.2, 0.25) is 0 Å². The summed E-state index contributed by atoms with van der Waals surface area (Å²) >= 11 is 0. The topological polar surface area (TPSA) is 21.3 Å². The molecule has 100 valence electrons. The number of methoxy groups -OCH3 is 1. The van der Waals surface area contributed by atoms with Crippen molar-refractivity contribution in [3.63, 3.8) is 0 Å². The molecular weight excluding hydrogens is 234 g/mol. The molecule has 0 saturated carbocycles. The number of hydrogen-bond acceptors (Lipinski definition) is 2. The van der Waals surface area contributed by atoms with E-state index in [0.717, 1.165) is 12.3 Å². The van der Waals surface area contributed by atoms with Crippen molar-refractivity contribution in [2.75, 3.05) is 7.11 Å². The van der Waals surface area contributed by atoms with E-state index in [9.17, 15) is 0 Å². The van der Waals surface area contributed by atoms with Crippen molar-refractivity contribution in [2.45, 2.75) is 26.4 Å². The molecule has 0 amide bonds. The second-order valence-electron chi connectivity index (χ2n) is 4.81. The molecule has 1 atom stereocenters. The van der Waals surface area contributed by atoms with Crippen LogP contribution in [0.2, 0.25) is 0 Å². The van der Waals surface area contributed by atoms with Gasteiger partial charge in [-0.1, -0.05) is 36.4 Å². The molecule has 2 heteroatoms. The maximum absolute atomic E-state index is 5.24. The van der Waals surface area contributed by atoms with E-state index in [1.54, 1.807) is 7.11 Å². The van der Waals surface area contributed by atoms with Gasteiger partial charge in [-0.2, -0.15) is 0 Å². The number of aryl methyl sites for hydroxylation is 1. The van der Waals surface area contributed by atoms with Crippen LogP contribution >= 0.6 is 0 Å². The zero-order valence-corrected chi connectivity index (χ0v) is 11.8. The smallest absolute Gasteiger partial charge is 0.119 e. The summed E-state index contributed by atoms with van der Waals surface area (Å²) in [4.78, 5) is 0. The van der Waals surface area contributed by atoms with Crippen LogP contribution in [-0.4, -0.2) is 7.11 Å². The first kappa shape index (κ1) is 13.6. The molecule has 0 bridgehead atoms. The fourth-order valence-electron chi connectivity index (χ4n) is 2.24. The summed E-state index contributed by atoms with van der Waals surface area (Å²) < 4.78 is 5.24. The monoisotopic (exact) mass is 255 g/mol. The first-order chi connectivity index (χ1) is 9.20. The maximum Gasteiger partial charge on any atom is 0.119 e. The summed E-state index contributed by atoms with van der Waals surface area (Å²) in [5.41, 5.74) is 3.92. The molecular formula is C17H21NO. The lowest BCUT2D eigenvalue weighted by atomic mass is 10.0. The average molecular weight is 255 g/mol. The molecule has 1 unspecified atom stereocenters. The van der Waals surface area contributed by atoms with E-state index >= 15 is 0 Å². The van der Waals surface area contributed by atoms with Crippen LogP contribution in [0, 0.1) is 6.92 Å². The van der Waals surface area contributed by atoms with E-state index < -0.39 is 0 Å². The van der Waals surface area contributed by atoms with E-state index in [2.05, 4.69) is 55.6 Å². The Balaban J connectivity index is 2.00. The molecule has 0 aromatic heterocycles. The SMILES string of the molecule is COc1cccc(CNC(C)c2ccccc2C)c1. The van der Waals surface area contributed by atoms with Gasteiger partial charge in [-0.15, -0.1) is 0 Å². The summed E-state index contributed by atoms with van der Waals surface area (Å²) in [7, 11) is 1.70. The Bertz CT molecular complexity index is 536. The third-order valence-corrected chi connectivity index (χ3v) is 3.40. The first-order valence-electron chi connectivity index (χ1n) is 6.62. The fourth-order valence-corrected chi connectivity index (χ4v) is 2.24. The van der Waals surface area contributed by atoms with E-state index in [-0.39, 0.29) is 0 Å². The molecule has 0 aliphatic rings. The fraction of sp³-hybridized carbons (Fsp3) is 0.294. The highest BCUT2D eigenvalue weighted by Gasteiger charge is 2.07. The Morgan fingerprint density at radius 1 is 1.11 bits per heavy atom. The molecule has 0 spiro atoms. The van der Waals surface area contributed by atoms with Gasteiger partial charge in [-0.3, -0.25) is 0 Å². The average Bonchev–Trinajstić information content (AvgIpc) is 2.45. The van der Waals surface area contributed by atoms with Crippen molar-refractivity contribution in [2.24, 2.45) is 0 Å². The number of rotatable bonds is 5. The van der Waals surface area contributed by atoms with Gasteiger partial charge in [-0.05, 0) is 42.7 Å². The van der Waals surface area contributed by atoms with E-state index in [0.29, 0.717) is 6.04 Å². The molecule has 0 aliphatic heterocycles. The molecule has 2 nitrogen and oxygen atoms in total. The molecule has 0 radical (unpaired) electrons. The van der Waals surface area contributed by atoms with Gasteiger partial charge in [0.1, 0.15) is 5.75 Å². The molecule has 1 N–H and O–H groups in total. The van der Waals surface area contributed by atoms with Crippen LogP contribution in [0.25, 0.3) is 0 Å². The number of benzene rings is 2. The van der Waals surface area contributed by atoms with Crippen molar-refractivity contribution in [3.05, 3.63) is 65.2 Å². The molecule has 0 fully saturated rings. The number of hydrogen-bond donors (Lipinski definition) is 1. The summed E-state index contributed by atoms with van der Waals surface area (Å²) in [6, 6.07) is 17.0. The molecule has 0 saturated heterocycles.